The molecule has 0 nitrogen and oxygen atoms in total. The monoisotopic (exact) mass is 627 g/mol. The van der Waals surface area contributed by atoms with E-state index >= 15 is 0 Å². The molecular weight excluding hydrogens is 588 g/mol. The van der Waals surface area contributed by atoms with Crippen LogP contribution in [-0.4, -0.2) is 9.52 Å². The zero-order valence-electron chi connectivity index (χ0n) is 24.7. The summed E-state index contributed by atoms with van der Waals surface area (Å²) in [5.74, 6) is 0. The van der Waals surface area contributed by atoms with Crippen molar-refractivity contribution in [1.29, 1.82) is 0 Å². The van der Waals surface area contributed by atoms with Crippen LogP contribution in [0.2, 0.25) is 0 Å². The van der Waals surface area contributed by atoms with Crippen LogP contribution in [0.5, 0.6) is 0 Å². The summed E-state index contributed by atoms with van der Waals surface area (Å²) in [6, 6.07) is 42.6. The van der Waals surface area contributed by atoms with Crippen molar-refractivity contribution in [1.82, 2.24) is 0 Å². The SMILES string of the molecule is CC1=[C-]CC(C)=C1C.[C-]1=CC=CC1.[Zr+2].c1ccc(CCc2ccccc2)cc1.c1ccc([SiH]c2ccccc2)cc1. The van der Waals surface area contributed by atoms with Crippen molar-refractivity contribution in [2.24, 2.45) is 0 Å². The summed E-state index contributed by atoms with van der Waals surface area (Å²) in [6.07, 6.45) is 16.6. The van der Waals surface area contributed by atoms with Crippen LogP contribution in [0.1, 0.15) is 44.7 Å². The molecule has 0 spiro atoms. The van der Waals surface area contributed by atoms with Gasteiger partial charge in [-0.05, 0) is 24.0 Å². The summed E-state index contributed by atoms with van der Waals surface area (Å²) in [5, 5.41) is 2.90. The van der Waals surface area contributed by atoms with Crippen molar-refractivity contribution in [2.45, 2.75) is 46.5 Å². The van der Waals surface area contributed by atoms with Gasteiger partial charge in [0.25, 0.3) is 0 Å². The standard InChI is InChI=1S/C14H14.C12H11Si.C8H11.C5H5.Zr/c1-3-7-13(8-4-1)11-12-14-9-5-2-6-10-14;1-3-7-11(8-4-1)13-12-9-5-2-6-10-12;1-6-4-5-7(2)8(6)3;1-2-4-5-3-1;/h1-10H,11-12H2;1-10,13H;4H2,1-3H3;1-3H,4H2;/q;;2*-1;+2. The van der Waals surface area contributed by atoms with Gasteiger partial charge in [0.05, 0.1) is 0 Å². The Kier molecular flexibility index (Phi) is 17.3. The smallest absolute Gasteiger partial charge is 0.273 e. The third-order valence-corrected chi connectivity index (χ3v) is 8.16. The van der Waals surface area contributed by atoms with E-state index in [2.05, 4.69) is 160 Å². The fourth-order valence-corrected chi connectivity index (χ4v) is 5.27. The van der Waals surface area contributed by atoms with Crippen LogP contribution in [-0.2, 0) is 39.0 Å². The van der Waals surface area contributed by atoms with Crippen LogP contribution in [0.3, 0.4) is 0 Å². The molecule has 6 rings (SSSR count). The minimum absolute atomic E-state index is 0. The van der Waals surface area contributed by atoms with Crippen LogP contribution in [0.15, 0.2) is 156 Å². The molecule has 4 aromatic rings. The Bertz CT molecular complexity index is 1260. The molecule has 0 heterocycles. The molecule has 0 atom stereocenters. The van der Waals surface area contributed by atoms with Gasteiger partial charge in [-0.1, -0.05) is 146 Å². The second-order valence-electron chi connectivity index (χ2n) is 9.82. The summed E-state index contributed by atoms with van der Waals surface area (Å²) >= 11 is 0. The predicted octanol–water partition coefficient (Wildman–Crippen LogP) is 8.32. The number of hydrogen-bond donors (Lipinski definition) is 0. The van der Waals surface area contributed by atoms with Gasteiger partial charge in [0.2, 0.25) is 0 Å². The van der Waals surface area contributed by atoms with Crippen molar-refractivity contribution in [2.75, 3.05) is 0 Å². The molecule has 41 heavy (non-hydrogen) atoms. The normalized spacial score (nSPS) is 12.5. The van der Waals surface area contributed by atoms with E-state index in [0.29, 0.717) is 0 Å². The molecule has 0 saturated heterocycles. The Morgan fingerprint density at radius 3 is 1.32 bits per heavy atom. The van der Waals surface area contributed by atoms with Gasteiger partial charge in [-0.2, -0.15) is 17.2 Å². The molecule has 0 bridgehead atoms. The fraction of sp³-hybridized carbons (Fsp3) is 0.179. The number of aryl methyl sites for hydroxylation is 2. The van der Waals surface area contributed by atoms with Crippen LogP contribution >= 0.6 is 0 Å². The summed E-state index contributed by atoms with van der Waals surface area (Å²) in [7, 11) is 0.271. The molecule has 0 N–H and O–H groups in total. The average molecular weight is 629 g/mol. The molecule has 4 aromatic carbocycles. The van der Waals surface area contributed by atoms with Crippen LogP contribution in [0, 0.1) is 12.2 Å². The van der Waals surface area contributed by atoms with Gasteiger partial charge in [-0.15, -0.1) is 19.8 Å². The molecule has 0 unspecified atom stereocenters. The predicted molar refractivity (Wildman–Crippen MR) is 177 cm³/mol. The van der Waals surface area contributed by atoms with Crippen LogP contribution in [0.25, 0.3) is 0 Å². The van der Waals surface area contributed by atoms with Gasteiger partial charge in [0.1, 0.15) is 9.52 Å². The van der Waals surface area contributed by atoms with E-state index in [1.165, 1.54) is 38.2 Å². The summed E-state index contributed by atoms with van der Waals surface area (Å²) in [5.41, 5.74) is 7.07. The molecule has 0 fully saturated rings. The summed E-state index contributed by atoms with van der Waals surface area (Å²) in [4.78, 5) is 0. The average Bonchev–Trinajstić information content (AvgIpc) is 3.70. The minimum atomic E-state index is 0. The first-order valence-corrected chi connectivity index (χ1v) is 15.3. The molecule has 205 valence electrons. The molecule has 0 aromatic heterocycles. The first kappa shape index (κ1) is 34.1. The molecule has 0 saturated carbocycles. The van der Waals surface area contributed by atoms with E-state index < -0.39 is 0 Å². The van der Waals surface area contributed by atoms with Gasteiger partial charge in [-0.25, -0.2) is 17.7 Å². The van der Waals surface area contributed by atoms with E-state index in [0.717, 1.165) is 25.7 Å². The molecule has 1 radical (unpaired) electrons. The molecule has 2 aliphatic carbocycles. The topological polar surface area (TPSA) is 0 Å². The summed E-state index contributed by atoms with van der Waals surface area (Å²) < 4.78 is 0. The maximum absolute atomic E-state index is 3.26. The molecule has 2 heteroatoms. The van der Waals surface area contributed by atoms with Gasteiger partial charge in [-0.3, -0.25) is 12.2 Å². The first-order chi connectivity index (χ1) is 19.6. The number of benzene rings is 4. The van der Waals surface area contributed by atoms with Gasteiger partial charge in [0.15, 0.2) is 0 Å². The molecule has 0 aliphatic heterocycles. The third-order valence-electron chi connectivity index (χ3n) is 6.73. The Hall–Kier alpha value is -3.06. The zero-order valence-corrected chi connectivity index (χ0v) is 28.3. The van der Waals surface area contributed by atoms with Crippen molar-refractivity contribution >= 4 is 19.9 Å². The largest absolute Gasteiger partial charge is 2.00 e. The molecule has 2 aliphatic rings. The van der Waals surface area contributed by atoms with E-state index in [9.17, 15) is 0 Å². The Labute approximate surface area is 270 Å². The Balaban J connectivity index is 0.000000201. The van der Waals surface area contributed by atoms with Crippen molar-refractivity contribution < 1.29 is 26.2 Å². The second-order valence-corrected chi connectivity index (χ2v) is 11.4. The molecule has 0 amide bonds. The number of allylic oxidation sites excluding steroid dienone is 8. The van der Waals surface area contributed by atoms with E-state index in [1.54, 1.807) is 0 Å². The van der Waals surface area contributed by atoms with Crippen molar-refractivity contribution in [3.8, 4) is 0 Å². The van der Waals surface area contributed by atoms with Gasteiger partial charge in [0, 0.05) is 0 Å². The second kappa shape index (κ2) is 20.8. The molecular formula is C39H41SiZr. The Morgan fingerprint density at radius 1 is 0.610 bits per heavy atom. The van der Waals surface area contributed by atoms with E-state index in [1.807, 2.05) is 12.2 Å². The number of hydrogen-bond acceptors (Lipinski definition) is 0. The van der Waals surface area contributed by atoms with Crippen LogP contribution < -0.4 is 10.4 Å². The third kappa shape index (κ3) is 14.4. The maximum Gasteiger partial charge on any atom is 2.00 e. The fourth-order valence-electron chi connectivity index (χ4n) is 4.06. The minimum Gasteiger partial charge on any atom is -0.273 e. The van der Waals surface area contributed by atoms with Crippen molar-refractivity contribution in [3.63, 3.8) is 0 Å². The zero-order chi connectivity index (χ0) is 28.3. The summed E-state index contributed by atoms with van der Waals surface area (Å²) in [6.45, 7) is 6.44. The van der Waals surface area contributed by atoms with E-state index in [4.69, 9.17) is 0 Å². The van der Waals surface area contributed by atoms with Crippen molar-refractivity contribution in [3.05, 3.63) is 180 Å². The first-order valence-electron chi connectivity index (χ1n) is 14.1. The van der Waals surface area contributed by atoms with E-state index in [-0.39, 0.29) is 35.7 Å². The van der Waals surface area contributed by atoms with Gasteiger partial charge < -0.3 is 0 Å². The quantitative estimate of drug-likeness (QED) is 0.154. The maximum atomic E-state index is 3.26. The number of rotatable bonds is 5. The van der Waals surface area contributed by atoms with Crippen LogP contribution in [0.4, 0.5) is 0 Å². The Morgan fingerprint density at radius 2 is 1.05 bits per heavy atom. The van der Waals surface area contributed by atoms with Gasteiger partial charge >= 0.3 is 26.2 Å².